The van der Waals surface area contributed by atoms with E-state index in [0.717, 1.165) is 24.0 Å². The van der Waals surface area contributed by atoms with Crippen molar-refractivity contribution < 1.29 is 14.1 Å². The van der Waals surface area contributed by atoms with E-state index in [0.29, 0.717) is 18.7 Å². The van der Waals surface area contributed by atoms with Crippen molar-refractivity contribution in [2.24, 2.45) is 0 Å². The molecule has 1 spiro atoms. The fraction of sp³-hybridized carbons (Fsp3) is 0.412. The number of urea groups is 1. The Balaban J connectivity index is 1.60. The number of amides is 3. The summed E-state index contributed by atoms with van der Waals surface area (Å²) in [6.45, 7) is 2.03. The van der Waals surface area contributed by atoms with Crippen LogP contribution in [0.1, 0.15) is 42.6 Å². The largest absolute Gasteiger partial charge is 0.337 e. The van der Waals surface area contributed by atoms with E-state index in [1.165, 1.54) is 4.90 Å². The lowest BCUT2D eigenvalue weighted by Gasteiger charge is -2.21. The van der Waals surface area contributed by atoms with E-state index in [1.807, 2.05) is 31.2 Å². The number of carbonyl (C=O) groups excluding carboxylic acids is 2. The van der Waals surface area contributed by atoms with Crippen molar-refractivity contribution in [3.05, 3.63) is 47.1 Å². The zero-order valence-electron chi connectivity index (χ0n) is 13.4. The predicted octanol–water partition coefficient (Wildman–Crippen LogP) is 1.92. The van der Waals surface area contributed by atoms with Crippen LogP contribution in [0.5, 0.6) is 0 Å². The second-order valence-corrected chi connectivity index (χ2v) is 6.24. The third-order valence-electron chi connectivity index (χ3n) is 4.70. The number of nitrogens with one attached hydrogen (secondary N) is 1. The third-order valence-corrected chi connectivity index (χ3v) is 4.70. The number of hydrogen-bond donors (Lipinski definition) is 1. The van der Waals surface area contributed by atoms with Gasteiger partial charge in [-0.15, -0.1) is 0 Å². The van der Waals surface area contributed by atoms with Gasteiger partial charge in [-0.1, -0.05) is 36.3 Å². The summed E-state index contributed by atoms with van der Waals surface area (Å²) in [6, 6.07) is 7.34. The van der Waals surface area contributed by atoms with Gasteiger partial charge in [0.25, 0.3) is 5.91 Å². The number of nitrogens with zero attached hydrogens (tertiary/aromatic N) is 3. The standard InChI is InChI=1S/C17H18N4O3/c1-2-5-13-18-14(24-20-13)10-21-15(22)17(19-16(21)23)9-8-11-6-3-4-7-12(11)17/h3-4,6-7H,2,5,8-10H2,1H3,(H,19,23)/t17-/m1/s1. The SMILES string of the molecule is CCCc1noc(CN2C(=O)N[C@@]3(CCc4ccccc43)C2=O)n1. The van der Waals surface area contributed by atoms with Crippen LogP contribution in [0.2, 0.25) is 0 Å². The number of benzene rings is 1. The van der Waals surface area contributed by atoms with Crippen molar-refractivity contribution in [1.29, 1.82) is 0 Å². The number of aromatic nitrogens is 2. The van der Waals surface area contributed by atoms with Gasteiger partial charge in [-0.05, 0) is 30.4 Å². The maximum Gasteiger partial charge on any atom is 0.325 e. The number of aryl methyl sites for hydroxylation is 2. The van der Waals surface area contributed by atoms with Crippen LogP contribution in [0, 0.1) is 0 Å². The minimum absolute atomic E-state index is 0.00526. The summed E-state index contributed by atoms with van der Waals surface area (Å²) in [5.41, 5.74) is 1.05. The van der Waals surface area contributed by atoms with Crippen LogP contribution in [0.4, 0.5) is 4.79 Å². The maximum atomic E-state index is 13.0. The third kappa shape index (κ3) is 2.11. The summed E-state index contributed by atoms with van der Waals surface area (Å²) >= 11 is 0. The molecule has 24 heavy (non-hydrogen) atoms. The van der Waals surface area contributed by atoms with Crippen molar-refractivity contribution in [1.82, 2.24) is 20.4 Å². The van der Waals surface area contributed by atoms with Gasteiger partial charge in [-0.25, -0.2) is 4.79 Å². The summed E-state index contributed by atoms with van der Waals surface area (Å²) in [4.78, 5) is 30.8. The molecule has 1 N–H and O–H groups in total. The maximum absolute atomic E-state index is 13.0. The Bertz CT molecular complexity index is 816. The topological polar surface area (TPSA) is 88.3 Å². The Kier molecular flexibility index (Phi) is 3.37. The molecule has 1 fully saturated rings. The van der Waals surface area contributed by atoms with E-state index < -0.39 is 11.6 Å². The van der Waals surface area contributed by atoms with E-state index in [9.17, 15) is 9.59 Å². The van der Waals surface area contributed by atoms with Crippen molar-refractivity contribution in [3.63, 3.8) is 0 Å². The number of imide groups is 1. The van der Waals surface area contributed by atoms with Crippen molar-refractivity contribution >= 4 is 11.9 Å². The van der Waals surface area contributed by atoms with Crippen LogP contribution >= 0.6 is 0 Å². The summed E-state index contributed by atoms with van der Waals surface area (Å²) in [7, 11) is 0. The number of fused-ring (bicyclic) bond motifs is 2. The molecule has 1 atom stereocenters. The van der Waals surface area contributed by atoms with Crippen LogP contribution in [-0.2, 0) is 29.7 Å². The minimum atomic E-state index is -0.944. The molecule has 2 aliphatic rings. The molecule has 1 aromatic carbocycles. The molecule has 1 aliphatic heterocycles. The van der Waals surface area contributed by atoms with Gasteiger partial charge < -0.3 is 9.84 Å². The highest BCUT2D eigenvalue weighted by Gasteiger charge is 2.55. The fourth-order valence-corrected chi connectivity index (χ4v) is 3.55. The van der Waals surface area contributed by atoms with Gasteiger partial charge in [0, 0.05) is 6.42 Å². The number of rotatable bonds is 4. The Morgan fingerprint density at radius 3 is 3.00 bits per heavy atom. The first-order valence-corrected chi connectivity index (χ1v) is 8.18. The molecule has 4 rings (SSSR count). The molecule has 124 valence electrons. The lowest BCUT2D eigenvalue weighted by molar-refractivity contribution is -0.132. The molecule has 0 radical (unpaired) electrons. The molecule has 2 aromatic rings. The van der Waals surface area contributed by atoms with Crippen molar-refractivity contribution in [3.8, 4) is 0 Å². The summed E-state index contributed by atoms with van der Waals surface area (Å²) in [5.74, 6) is 0.637. The smallest absolute Gasteiger partial charge is 0.325 e. The predicted molar refractivity (Wildman–Crippen MR) is 83.8 cm³/mol. The highest BCUT2D eigenvalue weighted by atomic mass is 16.5. The monoisotopic (exact) mass is 326 g/mol. The average molecular weight is 326 g/mol. The van der Waals surface area contributed by atoms with Crippen LogP contribution in [-0.4, -0.2) is 27.0 Å². The Labute approximate surface area is 139 Å². The van der Waals surface area contributed by atoms with Gasteiger partial charge in [-0.2, -0.15) is 4.98 Å². The minimum Gasteiger partial charge on any atom is -0.337 e. The molecule has 1 aliphatic carbocycles. The summed E-state index contributed by atoms with van der Waals surface area (Å²) < 4.78 is 5.16. The van der Waals surface area contributed by atoms with Crippen molar-refractivity contribution in [2.45, 2.75) is 44.7 Å². The molecular formula is C17H18N4O3. The molecular weight excluding hydrogens is 308 g/mol. The number of carbonyl (C=O) groups is 2. The Morgan fingerprint density at radius 1 is 1.33 bits per heavy atom. The molecule has 7 heteroatoms. The van der Waals surface area contributed by atoms with Gasteiger partial charge in [0.05, 0.1) is 0 Å². The summed E-state index contributed by atoms with van der Waals surface area (Å²) in [6.07, 6.45) is 2.97. The average Bonchev–Trinajstić information content (AvgIpc) is 3.24. The van der Waals surface area contributed by atoms with Crippen LogP contribution < -0.4 is 5.32 Å². The van der Waals surface area contributed by atoms with E-state index in [2.05, 4.69) is 15.5 Å². The van der Waals surface area contributed by atoms with E-state index in [1.54, 1.807) is 0 Å². The van der Waals surface area contributed by atoms with Gasteiger partial charge in [0.2, 0.25) is 5.89 Å². The van der Waals surface area contributed by atoms with Crippen LogP contribution in [0.15, 0.2) is 28.8 Å². The Hall–Kier alpha value is -2.70. The quantitative estimate of drug-likeness (QED) is 0.867. The summed E-state index contributed by atoms with van der Waals surface area (Å²) in [5, 5.41) is 6.75. The first-order valence-electron chi connectivity index (χ1n) is 8.18. The molecule has 1 aromatic heterocycles. The molecule has 0 saturated carbocycles. The van der Waals surface area contributed by atoms with Crippen LogP contribution in [0.25, 0.3) is 0 Å². The van der Waals surface area contributed by atoms with Gasteiger partial charge in [-0.3, -0.25) is 9.69 Å². The second kappa shape index (κ2) is 5.43. The first kappa shape index (κ1) is 14.9. The highest BCUT2D eigenvalue weighted by Crippen LogP contribution is 2.41. The zero-order chi connectivity index (χ0) is 16.7. The highest BCUT2D eigenvalue weighted by molar-refractivity contribution is 6.07. The Morgan fingerprint density at radius 2 is 2.17 bits per heavy atom. The van der Waals surface area contributed by atoms with Gasteiger partial charge >= 0.3 is 6.03 Å². The lowest BCUT2D eigenvalue weighted by Crippen LogP contribution is -2.41. The number of hydrogen-bond acceptors (Lipinski definition) is 5. The molecule has 1 saturated heterocycles. The zero-order valence-corrected chi connectivity index (χ0v) is 13.4. The molecule has 7 nitrogen and oxygen atoms in total. The van der Waals surface area contributed by atoms with Crippen molar-refractivity contribution in [2.75, 3.05) is 0 Å². The normalized spacial score (nSPS) is 22.3. The second-order valence-electron chi connectivity index (χ2n) is 6.24. The molecule has 2 heterocycles. The molecule has 3 amide bonds. The first-order chi connectivity index (χ1) is 11.6. The van der Waals surface area contributed by atoms with E-state index in [4.69, 9.17) is 4.52 Å². The molecule has 0 unspecified atom stereocenters. The lowest BCUT2D eigenvalue weighted by atomic mass is 9.92. The van der Waals surface area contributed by atoms with Gasteiger partial charge in [0.15, 0.2) is 5.82 Å². The van der Waals surface area contributed by atoms with Crippen LogP contribution in [0.3, 0.4) is 0 Å². The van der Waals surface area contributed by atoms with E-state index in [-0.39, 0.29) is 18.3 Å². The van der Waals surface area contributed by atoms with E-state index >= 15 is 0 Å². The van der Waals surface area contributed by atoms with Gasteiger partial charge in [0.1, 0.15) is 12.1 Å². The molecule has 0 bridgehead atoms. The fourth-order valence-electron chi connectivity index (χ4n) is 3.55.